The Labute approximate surface area is 141 Å². The number of ketones is 1. The van der Waals surface area contributed by atoms with Crippen molar-refractivity contribution >= 4 is 17.5 Å². The first-order chi connectivity index (χ1) is 11.4. The Morgan fingerprint density at radius 2 is 1.88 bits per heavy atom. The van der Waals surface area contributed by atoms with Crippen molar-refractivity contribution in [2.75, 3.05) is 11.9 Å². The van der Waals surface area contributed by atoms with Crippen molar-refractivity contribution in [3.63, 3.8) is 0 Å². The maximum atomic E-state index is 12.6. The van der Waals surface area contributed by atoms with Gasteiger partial charge in [0.05, 0.1) is 6.04 Å². The number of Topliss-reactive ketones (excluding diaryl/α,β-unsaturated/α-hetero) is 1. The molecule has 0 saturated heterocycles. The number of amides is 2. The normalized spacial score (nSPS) is 11.6. The predicted molar refractivity (Wildman–Crippen MR) is 94.4 cm³/mol. The zero-order valence-corrected chi connectivity index (χ0v) is 14.1. The van der Waals surface area contributed by atoms with Gasteiger partial charge in [-0.3, -0.25) is 4.79 Å². The number of carbonyl (C=O) groups is 2. The molecule has 2 rings (SSSR count). The van der Waals surface area contributed by atoms with Crippen molar-refractivity contribution in [2.45, 2.75) is 26.8 Å². The molecule has 2 amide bonds. The van der Waals surface area contributed by atoms with Gasteiger partial charge in [0.25, 0.3) is 0 Å². The van der Waals surface area contributed by atoms with E-state index in [4.69, 9.17) is 0 Å². The molecule has 2 aromatic rings. The van der Waals surface area contributed by atoms with Crippen LogP contribution >= 0.6 is 0 Å². The molecule has 24 heavy (non-hydrogen) atoms. The van der Waals surface area contributed by atoms with Crippen molar-refractivity contribution < 1.29 is 14.7 Å². The topological polar surface area (TPSA) is 69.6 Å². The van der Waals surface area contributed by atoms with E-state index in [1.807, 2.05) is 19.9 Å². The van der Waals surface area contributed by atoms with Crippen LogP contribution < -0.4 is 5.32 Å². The standard InChI is InChI=1S/C19H22N2O3/c1-4-21(13(2)15-7-6-10-18(23)12-15)19(24)20-17-9-5-8-16(11-17)14(3)22/h5-13,23H,4H2,1-3H3,(H,20,24)/t13-/m0/s1. The van der Waals surface area contributed by atoms with Crippen LogP contribution in [-0.2, 0) is 0 Å². The van der Waals surface area contributed by atoms with Crippen LogP contribution in [0.15, 0.2) is 48.5 Å². The number of hydrogen-bond donors (Lipinski definition) is 2. The van der Waals surface area contributed by atoms with E-state index >= 15 is 0 Å². The highest BCUT2D eigenvalue weighted by Gasteiger charge is 2.20. The SMILES string of the molecule is CCN(C(=O)Nc1cccc(C(C)=O)c1)[C@@H](C)c1cccc(O)c1. The molecule has 5 nitrogen and oxygen atoms in total. The molecule has 0 saturated carbocycles. The van der Waals surface area contributed by atoms with E-state index in [0.717, 1.165) is 5.56 Å². The molecule has 0 aliphatic rings. The zero-order valence-electron chi connectivity index (χ0n) is 14.1. The molecule has 1 atom stereocenters. The summed E-state index contributed by atoms with van der Waals surface area (Å²) in [6.45, 7) is 5.80. The molecular formula is C19H22N2O3. The van der Waals surface area contributed by atoms with Crippen molar-refractivity contribution in [2.24, 2.45) is 0 Å². The van der Waals surface area contributed by atoms with Crippen LogP contribution in [0, 0.1) is 0 Å². The Bertz CT molecular complexity index is 743. The molecule has 0 fully saturated rings. The van der Waals surface area contributed by atoms with E-state index in [2.05, 4.69) is 5.32 Å². The van der Waals surface area contributed by atoms with Crippen LogP contribution in [0.1, 0.15) is 42.7 Å². The van der Waals surface area contributed by atoms with Crippen molar-refractivity contribution in [3.8, 4) is 5.75 Å². The number of carbonyl (C=O) groups excluding carboxylic acids is 2. The number of phenolic OH excluding ortho intramolecular Hbond substituents is 1. The van der Waals surface area contributed by atoms with Gasteiger partial charge < -0.3 is 15.3 Å². The Balaban J connectivity index is 2.17. The molecule has 2 N–H and O–H groups in total. The Kier molecular flexibility index (Phi) is 5.58. The van der Waals surface area contributed by atoms with Crippen LogP contribution in [0.4, 0.5) is 10.5 Å². The van der Waals surface area contributed by atoms with Crippen LogP contribution in [-0.4, -0.2) is 28.4 Å². The second kappa shape index (κ2) is 7.64. The van der Waals surface area contributed by atoms with Crippen LogP contribution in [0.25, 0.3) is 0 Å². The first-order valence-electron chi connectivity index (χ1n) is 7.90. The molecule has 5 heteroatoms. The minimum absolute atomic E-state index is 0.0495. The number of rotatable bonds is 5. The van der Waals surface area contributed by atoms with Crippen molar-refractivity contribution in [1.29, 1.82) is 0 Å². The average molecular weight is 326 g/mol. The summed E-state index contributed by atoms with van der Waals surface area (Å²) in [5.74, 6) is 0.122. The third-order valence-electron chi connectivity index (χ3n) is 3.94. The lowest BCUT2D eigenvalue weighted by Gasteiger charge is -2.28. The Hall–Kier alpha value is -2.82. The van der Waals surface area contributed by atoms with Gasteiger partial charge in [0.2, 0.25) is 0 Å². The number of nitrogens with zero attached hydrogens (tertiary/aromatic N) is 1. The Morgan fingerprint density at radius 3 is 2.50 bits per heavy atom. The van der Waals surface area contributed by atoms with Crippen LogP contribution in [0.2, 0.25) is 0 Å². The van der Waals surface area contributed by atoms with E-state index in [1.54, 1.807) is 47.4 Å². The van der Waals surface area contributed by atoms with E-state index in [1.165, 1.54) is 6.92 Å². The number of urea groups is 1. The minimum atomic E-state index is -0.256. The number of anilines is 1. The first kappa shape index (κ1) is 17.5. The molecule has 0 aliphatic carbocycles. The van der Waals surface area contributed by atoms with E-state index < -0.39 is 0 Å². The fraction of sp³-hybridized carbons (Fsp3) is 0.263. The largest absolute Gasteiger partial charge is 0.508 e. The van der Waals surface area contributed by atoms with E-state index in [9.17, 15) is 14.7 Å². The van der Waals surface area contributed by atoms with Gasteiger partial charge in [-0.15, -0.1) is 0 Å². The summed E-state index contributed by atoms with van der Waals surface area (Å²) >= 11 is 0. The van der Waals surface area contributed by atoms with E-state index in [-0.39, 0.29) is 23.6 Å². The van der Waals surface area contributed by atoms with Gasteiger partial charge in [-0.25, -0.2) is 4.79 Å². The summed E-state index contributed by atoms with van der Waals surface area (Å²) < 4.78 is 0. The molecule has 2 aromatic carbocycles. The van der Waals surface area contributed by atoms with Gasteiger partial charge >= 0.3 is 6.03 Å². The van der Waals surface area contributed by atoms with Gasteiger partial charge in [-0.2, -0.15) is 0 Å². The first-order valence-corrected chi connectivity index (χ1v) is 7.90. The number of nitrogens with one attached hydrogen (secondary N) is 1. The fourth-order valence-corrected chi connectivity index (χ4v) is 2.57. The number of hydrogen-bond acceptors (Lipinski definition) is 3. The van der Waals surface area contributed by atoms with E-state index in [0.29, 0.717) is 17.8 Å². The Morgan fingerprint density at radius 1 is 1.17 bits per heavy atom. The highest BCUT2D eigenvalue weighted by atomic mass is 16.3. The zero-order chi connectivity index (χ0) is 17.7. The van der Waals surface area contributed by atoms with Crippen molar-refractivity contribution in [1.82, 2.24) is 4.90 Å². The maximum Gasteiger partial charge on any atom is 0.322 e. The van der Waals surface area contributed by atoms with Gasteiger partial charge in [-0.05, 0) is 50.6 Å². The summed E-state index contributed by atoms with van der Waals surface area (Å²) in [6.07, 6.45) is 0. The molecule has 0 aromatic heterocycles. The average Bonchev–Trinajstić information content (AvgIpc) is 2.55. The van der Waals surface area contributed by atoms with Crippen LogP contribution in [0.5, 0.6) is 5.75 Å². The van der Waals surface area contributed by atoms with Crippen LogP contribution in [0.3, 0.4) is 0 Å². The lowest BCUT2D eigenvalue weighted by Crippen LogP contribution is -2.36. The minimum Gasteiger partial charge on any atom is -0.508 e. The smallest absolute Gasteiger partial charge is 0.322 e. The highest BCUT2D eigenvalue weighted by molar-refractivity contribution is 5.96. The third-order valence-corrected chi connectivity index (χ3v) is 3.94. The summed E-state index contributed by atoms with van der Waals surface area (Å²) in [7, 11) is 0. The lowest BCUT2D eigenvalue weighted by molar-refractivity contribution is 0.101. The summed E-state index contributed by atoms with van der Waals surface area (Å²) in [6, 6.07) is 13.3. The predicted octanol–water partition coefficient (Wildman–Crippen LogP) is 4.21. The molecular weight excluding hydrogens is 304 g/mol. The number of aromatic hydroxyl groups is 1. The second-order valence-corrected chi connectivity index (χ2v) is 5.62. The van der Waals surface area contributed by atoms with Gasteiger partial charge in [0, 0.05) is 17.8 Å². The molecule has 0 heterocycles. The molecule has 0 aliphatic heterocycles. The quantitative estimate of drug-likeness (QED) is 0.809. The number of benzene rings is 2. The third kappa shape index (κ3) is 4.13. The highest BCUT2D eigenvalue weighted by Crippen LogP contribution is 2.24. The summed E-state index contributed by atoms with van der Waals surface area (Å²) in [5, 5.41) is 12.4. The lowest BCUT2D eigenvalue weighted by atomic mass is 10.1. The molecule has 0 unspecified atom stereocenters. The maximum absolute atomic E-state index is 12.6. The molecule has 0 radical (unpaired) electrons. The molecule has 126 valence electrons. The molecule has 0 spiro atoms. The van der Waals surface area contributed by atoms with Gasteiger partial charge in [0.1, 0.15) is 5.75 Å². The molecule has 0 bridgehead atoms. The van der Waals surface area contributed by atoms with Gasteiger partial charge in [-0.1, -0.05) is 24.3 Å². The monoisotopic (exact) mass is 326 g/mol. The van der Waals surface area contributed by atoms with Gasteiger partial charge in [0.15, 0.2) is 5.78 Å². The summed E-state index contributed by atoms with van der Waals surface area (Å²) in [4.78, 5) is 25.7. The summed E-state index contributed by atoms with van der Waals surface area (Å²) in [5.41, 5.74) is 1.98. The number of phenols is 1. The second-order valence-electron chi connectivity index (χ2n) is 5.62. The van der Waals surface area contributed by atoms with Crippen molar-refractivity contribution in [3.05, 3.63) is 59.7 Å². The fourth-order valence-electron chi connectivity index (χ4n) is 2.57.